The molecule has 4 heterocycles. The molecule has 0 bridgehead atoms. The highest BCUT2D eigenvalue weighted by Gasteiger charge is 2.23. The molecule has 0 amide bonds. The number of nitrogens with one attached hydrogen (secondary N) is 2. The lowest BCUT2D eigenvalue weighted by Crippen LogP contribution is -2.54. The third-order valence-corrected chi connectivity index (χ3v) is 6.23. The van der Waals surface area contributed by atoms with Crippen LogP contribution in [-0.2, 0) is 7.05 Å². The fraction of sp³-hybridized carbons (Fsp3) is 0.350. The molecule has 2 atom stereocenters. The molecular weight excluding hydrogens is 406 g/mol. The molecule has 0 radical (unpaired) electrons. The molecule has 1 aliphatic rings. The maximum Gasteiger partial charge on any atom is 0.131 e. The minimum atomic E-state index is 0.439. The summed E-state index contributed by atoms with van der Waals surface area (Å²) >= 11 is 8.12. The van der Waals surface area contributed by atoms with Gasteiger partial charge in [0.05, 0.1) is 22.1 Å². The molecule has 1 saturated heterocycles. The lowest BCUT2D eigenvalue weighted by molar-refractivity contribution is 0.407. The number of pyridine rings is 1. The zero-order valence-corrected chi connectivity index (χ0v) is 18.1. The van der Waals surface area contributed by atoms with Gasteiger partial charge < -0.3 is 15.5 Å². The van der Waals surface area contributed by atoms with E-state index >= 15 is 0 Å². The Morgan fingerprint density at radius 3 is 2.72 bits per heavy atom. The summed E-state index contributed by atoms with van der Waals surface area (Å²) in [6, 6.07) is 8.94. The van der Waals surface area contributed by atoms with E-state index in [4.69, 9.17) is 11.6 Å². The number of rotatable bonds is 3. The lowest BCUT2D eigenvalue weighted by atomic mass is 10.1. The third kappa shape index (κ3) is 3.52. The van der Waals surface area contributed by atoms with Crippen LogP contribution in [0.15, 0.2) is 30.5 Å². The summed E-state index contributed by atoms with van der Waals surface area (Å²) in [5.74, 6) is 0.751. The van der Waals surface area contributed by atoms with Gasteiger partial charge in [-0.15, -0.1) is 0 Å². The van der Waals surface area contributed by atoms with Crippen LogP contribution in [0.25, 0.3) is 21.9 Å². The first-order valence-electron chi connectivity index (χ1n) is 9.63. The molecule has 0 unspecified atom stereocenters. The standard InChI is InChI=1S/C20H22ClN7S/c1-11-8-28(9-12(2)22-11)13-6-14(21)19-16(7-13)26-29-20(19)24-18-5-4-15-17(23-18)10-27(3)25-15/h4-7,10-12,22H,8-9H2,1-3H3,(H,23,24)/t11-,12-/m0/s1. The maximum atomic E-state index is 6.72. The van der Waals surface area contributed by atoms with Crippen LogP contribution in [0.5, 0.6) is 0 Å². The van der Waals surface area contributed by atoms with Crippen molar-refractivity contribution >= 4 is 61.6 Å². The summed E-state index contributed by atoms with van der Waals surface area (Å²) in [6.45, 7) is 6.33. The molecule has 1 fully saturated rings. The molecule has 150 valence electrons. The van der Waals surface area contributed by atoms with Crippen molar-refractivity contribution in [2.24, 2.45) is 7.05 Å². The molecular formula is C20H22ClN7S. The quantitative estimate of drug-likeness (QED) is 0.511. The van der Waals surface area contributed by atoms with E-state index in [1.54, 1.807) is 4.68 Å². The van der Waals surface area contributed by atoms with Crippen molar-refractivity contribution in [2.45, 2.75) is 25.9 Å². The highest BCUT2D eigenvalue weighted by molar-refractivity contribution is 7.12. The number of benzene rings is 1. The Morgan fingerprint density at radius 1 is 1.14 bits per heavy atom. The number of hydrogen-bond acceptors (Lipinski definition) is 7. The van der Waals surface area contributed by atoms with Gasteiger partial charge in [0.1, 0.15) is 21.9 Å². The van der Waals surface area contributed by atoms with Gasteiger partial charge in [0.25, 0.3) is 0 Å². The van der Waals surface area contributed by atoms with Gasteiger partial charge in [0.2, 0.25) is 0 Å². The Kier molecular flexibility index (Phi) is 4.57. The van der Waals surface area contributed by atoms with Crippen LogP contribution in [0.2, 0.25) is 5.02 Å². The Balaban J connectivity index is 1.47. The van der Waals surface area contributed by atoms with E-state index in [0.717, 1.165) is 51.5 Å². The minimum absolute atomic E-state index is 0.439. The van der Waals surface area contributed by atoms with E-state index in [1.165, 1.54) is 11.5 Å². The molecule has 1 aliphatic heterocycles. The van der Waals surface area contributed by atoms with Gasteiger partial charge in [-0.05, 0) is 49.6 Å². The minimum Gasteiger partial charge on any atom is -0.368 e. The fourth-order valence-corrected chi connectivity index (χ4v) is 5.18. The van der Waals surface area contributed by atoms with Crippen molar-refractivity contribution in [1.82, 2.24) is 24.5 Å². The van der Waals surface area contributed by atoms with Crippen molar-refractivity contribution in [2.75, 3.05) is 23.3 Å². The maximum absolute atomic E-state index is 6.72. The van der Waals surface area contributed by atoms with Gasteiger partial charge in [0.15, 0.2) is 0 Å². The van der Waals surface area contributed by atoms with E-state index in [0.29, 0.717) is 17.1 Å². The smallest absolute Gasteiger partial charge is 0.131 e. The monoisotopic (exact) mass is 427 g/mol. The van der Waals surface area contributed by atoms with E-state index in [2.05, 4.69) is 49.9 Å². The predicted molar refractivity (Wildman–Crippen MR) is 121 cm³/mol. The molecule has 4 aromatic rings. The number of anilines is 3. The second-order valence-electron chi connectivity index (χ2n) is 7.74. The van der Waals surface area contributed by atoms with Crippen molar-refractivity contribution in [3.8, 4) is 0 Å². The Morgan fingerprint density at radius 2 is 1.93 bits per heavy atom. The first-order chi connectivity index (χ1) is 14.0. The topological polar surface area (TPSA) is 70.9 Å². The number of halogens is 1. The Labute approximate surface area is 177 Å². The number of hydrogen-bond donors (Lipinski definition) is 2. The number of piperazine rings is 1. The summed E-state index contributed by atoms with van der Waals surface area (Å²) in [7, 11) is 1.89. The molecule has 1 aromatic carbocycles. The van der Waals surface area contributed by atoms with Crippen molar-refractivity contribution in [3.63, 3.8) is 0 Å². The van der Waals surface area contributed by atoms with Crippen LogP contribution in [-0.4, -0.2) is 44.3 Å². The second kappa shape index (κ2) is 7.12. The molecule has 29 heavy (non-hydrogen) atoms. The summed E-state index contributed by atoms with van der Waals surface area (Å²) in [5.41, 5.74) is 3.74. The van der Waals surface area contributed by atoms with Crippen LogP contribution in [0.3, 0.4) is 0 Å². The number of aryl methyl sites for hydroxylation is 1. The average molecular weight is 428 g/mol. The normalized spacial score (nSPS) is 19.9. The molecule has 0 saturated carbocycles. The first kappa shape index (κ1) is 18.6. The van der Waals surface area contributed by atoms with Crippen molar-refractivity contribution < 1.29 is 0 Å². The number of nitrogens with zero attached hydrogens (tertiary/aromatic N) is 5. The van der Waals surface area contributed by atoms with Gasteiger partial charge in [0, 0.05) is 37.9 Å². The van der Waals surface area contributed by atoms with Gasteiger partial charge in [-0.1, -0.05) is 11.6 Å². The highest BCUT2D eigenvalue weighted by Crippen LogP contribution is 2.38. The predicted octanol–water partition coefficient (Wildman–Crippen LogP) is 4.16. The number of fused-ring (bicyclic) bond motifs is 2. The van der Waals surface area contributed by atoms with Crippen LogP contribution >= 0.6 is 23.1 Å². The zero-order chi connectivity index (χ0) is 20.1. The van der Waals surface area contributed by atoms with Crippen LogP contribution in [0, 0.1) is 0 Å². The highest BCUT2D eigenvalue weighted by atomic mass is 35.5. The summed E-state index contributed by atoms with van der Waals surface area (Å²) in [4.78, 5) is 7.02. The molecule has 5 rings (SSSR count). The largest absolute Gasteiger partial charge is 0.368 e. The van der Waals surface area contributed by atoms with Gasteiger partial charge in [-0.2, -0.15) is 9.47 Å². The molecule has 0 aliphatic carbocycles. The number of aromatic nitrogens is 4. The molecule has 3 aromatic heterocycles. The SMILES string of the molecule is C[C@H]1CN(c2cc(Cl)c3c(Nc4ccc5nn(C)cc5n4)snc3c2)C[C@H](C)N1. The van der Waals surface area contributed by atoms with Crippen LogP contribution < -0.4 is 15.5 Å². The van der Waals surface area contributed by atoms with Crippen LogP contribution in [0.1, 0.15) is 13.8 Å². The van der Waals surface area contributed by atoms with Crippen molar-refractivity contribution in [1.29, 1.82) is 0 Å². The summed E-state index contributed by atoms with van der Waals surface area (Å²) < 4.78 is 6.41. The fourth-order valence-electron chi connectivity index (χ4n) is 4.03. The zero-order valence-electron chi connectivity index (χ0n) is 16.5. The molecule has 9 heteroatoms. The van der Waals surface area contributed by atoms with Gasteiger partial charge >= 0.3 is 0 Å². The molecule has 2 N–H and O–H groups in total. The lowest BCUT2D eigenvalue weighted by Gasteiger charge is -2.37. The van der Waals surface area contributed by atoms with E-state index in [9.17, 15) is 0 Å². The van der Waals surface area contributed by atoms with Gasteiger partial charge in [-0.3, -0.25) is 4.68 Å². The van der Waals surface area contributed by atoms with Gasteiger partial charge in [-0.25, -0.2) is 4.98 Å². The molecule has 0 spiro atoms. The Hall–Kier alpha value is -2.42. The summed E-state index contributed by atoms with van der Waals surface area (Å²) in [5, 5.41) is 13.8. The summed E-state index contributed by atoms with van der Waals surface area (Å²) in [6.07, 6.45) is 1.90. The van der Waals surface area contributed by atoms with E-state index in [-0.39, 0.29) is 0 Å². The molecule has 7 nitrogen and oxygen atoms in total. The van der Waals surface area contributed by atoms with Crippen molar-refractivity contribution in [3.05, 3.63) is 35.5 Å². The Bertz CT molecular complexity index is 1190. The average Bonchev–Trinajstić information content (AvgIpc) is 3.23. The van der Waals surface area contributed by atoms with E-state index in [1.807, 2.05) is 31.4 Å². The van der Waals surface area contributed by atoms with E-state index < -0.39 is 0 Å². The second-order valence-corrected chi connectivity index (χ2v) is 8.92. The van der Waals surface area contributed by atoms with Crippen LogP contribution in [0.4, 0.5) is 16.5 Å². The third-order valence-electron chi connectivity index (χ3n) is 5.16. The first-order valence-corrected chi connectivity index (χ1v) is 10.8.